The minimum Gasteiger partial charge on any atom is -0.492 e. The summed E-state index contributed by atoms with van der Waals surface area (Å²) in [5.41, 5.74) is 7.87. The summed E-state index contributed by atoms with van der Waals surface area (Å²) in [5, 5.41) is 3.49. The molecule has 2 saturated heterocycles. The van der Waals surface area contributed by atoms with E-state index in [1.807, 2.05) is 4.90 Å². The van der Waals surface area contributed by atoms with Gasteiger partial charge in [-0.2, -0.15) is 0 Å². The first kappa shape index (κ1) is 23.7. The molecule has 3 aliphatic heterocycles. The molecule has 1 aromatic carbocycles. The van der Waals surface area contributed by atoms with Gasteiger partial charge in [-0.1, -0.05) is 17.5 Å². The van der Waals surface area contributed by atoms with Crippen LogP contribution in [0.2, 0.25) is 5.02 Å². The fourth-order valence-corrected chi connectivity index (χ4v) is 5.33. The predicted molar refractivity (Wildman–Crippen MR) is 129 cm³/mol. The van der Waals surface area contributed by atoms with E-state index in [9.17, 15) is 9.59 Å². The maximum Gasteiger partial charge on any atom is 0.298 e. The van der Waals surface area contributed by atoms with Gasteiger partial charge in [-0.25, -0.2) is 0 Å². The van der Waals surface area contributed by atoms with Gasteiger partial charge in [0.1, 0.15) is 5.75 Å². The lowest BCUT2D eigenvalue weighted by Crippen LogP contribution is -2.44. The van der Waals surface area contributed by atoms with E-state index >= 15 is 0 Å². The van der Waals surface area contributed by atoms with Crippen molar-refractivity contribution in [1.29, 1.82) is 0 Å². The topological polar surface area (TPSA) is 87.9 Å². The lowest BCUT2D eigenvalue weighted by Gasteiger charge is -2.37. The summed E-state index contributed by atoms with van der Waals surface area (Å²) in [6.07, 6.45) is 4.91. The van der Waals surface area contributed by atoms with Gasteiger partial charge >= 0.3 is 0 Å². The molecule has 3 aliphatic rings. The molecule has 3 N–H and O–H groups in total. The number of nitrogens with zero attached hydrogens (tertiary/aromatic N) is 2. The Balaban J connectivity index is 1.20. The third kappa shape index (κ3) is 5.56. The van der Waals surface area contributed by atoms with Gasteiger partial charge in [0.15, 0.2) is 0 Å². The van der Waals surface area contributed by atoms with Crippen LogP contribution in [-0.4, -0.2) is 67.5 Å². The van der Waals surface area contributed by atoms with Crippen LogP contribution in [-0.2, 0) is 11.2 Å². The molecule has 178 valence electrons. The van der Waals surface area contributed by atoms with E-state index < -0.39 is 0 Å². The van der Waals surface area contributed by atoms with Gasteiger partial charge in [-0.3, -0.25) is 9.59 Å². The first-order valence-electron chi connectivity index (χ1n) is 11.9. The van der Waals surface area contributed by atoms with E-state index in [2.05, 4.69) is 22.1 Å². The number of benzene rings is 1. The largest absolute Gasteiger partial charge is 0.492 e. The highest BCUT2D eigenvalue weighted by atomic mass is 35.5. The number of hydrogen-bond acceptors (Lipinski definition) is 5. The molecule has 1 aromatic rings. The van der Waals surface area contributed by atoms with Crippen LogP contribution < -0.4 is 15.8 Å². The fourth-order valence-electron chi connectivity index (χ4n) is 5.11. The third-order valence-electron chi connectivity index (χ3n) is 7.12. The number of rotatable bonds is 5. The lowest BCUT2D eigenvalue weighted by atomic mass is 9.92. The number of hydrogen-bond donors (Lipinski definition) is 2. The molecule has 0 atom stereocenters. The zero-order valence-corrected chi connectivity index (χ0v) is 20.0. The monoisotopic (exact) mass is 472 g/mol. The Kier molecular flexibility index (Phi) is 7.67. The first-order valence-corrected chi connectivity index (χ1v) is 12.3. The zero-order chi connectivity index (χ0) is 23.4. The van der Waals surface area contributed by atoms with Crippen molar-refractivity contribution in [2.24, 2.45) is 11.8 Å². The van der Waals surface area contributed by atoms with Gasteiger partial charge in [0.05, 0.1) is 22.9 Å². The third-order valence-corrected chi connectivity index (χ3v) is 7.44. The van der Waals surface area contributed by atoms with Crippen molar-refractivity contribution in [3.05, 3.63) is 22.2 Å². The number of nitrogen functional groups attached to an aromatic ring is 1. The highest BCUT2D eigenvalue weighted by molar-refractivity contribution is 6.33. The molecular formula is C25H33ClN4O3. The van der Waals surface area contributed by atoms with Crippen molar-refractivity contribution in [3.8, 4) is 17.6 Å². The Morgan fingerprint density at radius 3 is 2.58 bits per heavy atom. The van der Waals surface area contributed by atoms with Crippen LogP contribution in [0.4, 0.5) is 5.69 Å². The number of amides is 2. The van der Waals surface area contributed by atoms with Gasteiger partial charge in [0.25, 0.3) is 11.8 Å². The number of nitrogens with two attached hydrogens (primary N) is 1. The number of likely N-dealkylation sites (tertiary alicyclic amines) is 2. The van der Waals surface area contributed by atoms with Crippen molar-refractivity contribution in [3.63, 3.8) is 0 Å². The molecule has 0 bridgehead atoms. The molecule has 3 heterocycles. The van der Waals surface area contributed by atoms with Crippen LogP contribution in [0.15, 0.2) is 6.07 Å². The number of fused-ring (bicyclic) bond motifs is 1. The van der Waals surface area contributed by atoms with E-state index in [1.54, 1.807) is 13.0 Å². The zero-order valence-electron chi connectivity index (χ0n) is 19.3. The van der Waals surface area contributed by atoms with E-state index in [0.29, 0.717) is 53.4 Å². The number of ether oxygens (including phenoxy) is 1. The van der Waals surface area contributed by atoms with Crippen molar-refractivity contribution in [2.75, 3.05) is 51.6 Å². The van der Waals surface area contributed by atoms with Gasteiger partial charge < -0.3 is 25.6 Å². The number of carbonyl (C=O) groups excluding carboxylic acids is 2. The quantitative estimate of drug-likeness (QED) is 0.508. The number of carbonyl (C=O) groups is 2. The molecule has 0 radical (unpaired) electrons. The van der Waals surface area contributed by atoms with Crippen molar-refractivity contribution in [1.82, 2.24) is 15.1 Å². The van der Waals surface area contributed by atoms with Gasteiger partial charge in [0.2, 0.25) is 0 Å². The fraction of sp³-hybridized carbons (Fsp3) is 0.600. The minimum atomic E-state index is -0.147. The number of halogens is 1. The molecule has 7 nitrogen and oxygen atoms in total. The summed E-state index contributed by atoms with van der Waals surface area (Å²) in [6, 6.07) is 1.62. The molecule has 0 spiro atoms. The molecule has 2 amide bonds. The normalized spacial score (nSPS) is 19.4. The summed E-state index contributed by atoms with van der Waals surface area (Å²) in [4.78, 5) is 29.1. The van der Waals surface area contributed by atoms with Crippen LogP contribution >= 0.6 is 11.6 Å². The van der Waals surface area contributed by atoms with Crippen LogP contribution in [0.3, 0.4) is 0 Å². The van der Waals surface area contributed by atoms with Crippen molar-refractivity contribution < 1.29 is 14.3 Å². The molecule has 0 aliphatic carbocycles. The average molecular weight is 473 g/mol. The van der Waals surface area contributed by atoms with Crippen LogP contribution in [0, 0.1) is 23.7 Å². The summed E-state index contributed by atoms with van der Waals surface area (Å²) < 4.78 is 5.66. The summed E-state index contributed by atoms with van der Waals surface area (Å²) in [6.45, 7) is 7.69. The molecule has 33 heavy (non-hydrogen) atoms. The van der Waals surface area contributed by atoms with E-state index in [-0.39, 0.29) is 11.8 Å². The highest BCUT2D eigenvalue weighted by Crippen LogP contribution is 2.38. The molecule has 0 saturated carbocycles. The molecule has 8 heteroatoms. The smallest absolute Gasteiger partial charge is 0.298 e. The highest BCUT2D eigenvalue weighted by Gasteiger charge is 2.28. The second-order valence-electron chi connectivity index (χ2n) is 9.29. The Labute approximate surface area is 200 Å². The van der Waals surface area contributed by atoms with Crippen LogP contribution in [0.5, 0.6) is 5.75 Å². The van der Waals surface area contributed by atoms with E-state index in [4.69, 9.17) is 22.1 Å². The molecule has 0 unspecified atom stereocenters. The first-order chi connectivity index (χ1) is 16.0. The molecule has 2 fully saturated rings. The van der Waals surface area contributed by atoms with Gasteiger partial charge in [0, 0.05) is 38.2 Å². The van der Waals surface area contributed by atoms with E-state index in [0.717, 1.165) is 64.0 Å². The maximum atomic E-state index is 12.8. The minimum absolute atomic E-state index is 0.0448. The number of piperidine rings is 2. The molecular weight excluding hydrogens is 440 g/mol. The Morgan fingerprint density at radius 2 is 1.88 bits per heavy atom. The van der Waals surface area contributed by atoms with Gasteiger partial charge in [-0.15, -0.1) is 0 Å². The Hall–Kier alpha value is -2.43. The second-order valence-corrected chi connectivity index (χ2v) is 9.70. The Bertz CT molecular complexity index is 955. The second kappa shape index (κ2) is 10.7. The summed E-state index contributed by atoms with van der Waals surface area (Å²) in [5.74, 6) is 6.83. The number of anilines is 1. The van der Waals surface area contributed by atoms with E-state index in [1.165, 1.54) is 0 Å². The van der Waals surface area contributed by atoms with Crippen LogP contribution in [0.25, 0.3) is 0 Å². The predicted octanol–water partition coefficient (Wildman–Crippen LogP) is 2.56. The van der Waals surface area contributed by atoms with Crippen molar-refractivity contribution in [2.45, 2.75) is 39.0 Å². The van der Waals surface area contributed by atoms with Gasteiger partial charge in [-0.05, 0) is 69.5 Å². The standard InChI is InChI=1S/C25H33ClN4O3/c1-2-3-22(31)30-11-6-18(7-12-30)16-29-9-4-17(5-10-29)15-28-25(32)20-14-21(26)23(27)19-8-13-33-24(19)20/h14,17-18H,4-13,15-16,27H2,1H3,(H,28,32). The number of nitrogens with one attached hydrogen (secondary N) is 1. The Morgan fingerprint density at radius 1 is 1.18 bits per heavy atom. The summed E-state index contributed by atoms with van der Waals surface area (Å²) in [7, 11) is 0. The maximum absolute atomic E-state index is 12.8. The lowest BCUT2D eigenvalue weighted by molar-refractivity contribution is -0.126. The molecule has 0 aromatic heterocycles. The van der Waals surface area contributed by atoms with Crippen LogP contribution in [0.1, 0.15) is 48.5 Å². The summed E-state index contributed by atoms with van der Waals surface area (Å²) >= 11 is 6.23. The van der Waals surface area contributed by atoms with Crippen molar-refractivity contribution >= 4 is 29.1 Å². The molecule has 4 rings (SSSR count). The SMILES string of the molecule is CC#CC(=O)N1CCC(CN2CCC(CNC(=O)c3cc(Cl)c(N)c4c3OCC4)CC2)CC1. The average Bonchev–Trinajstić information content (AvgIpc) is 3.32.